The van der Waals surface area contributed by atoms with Crippen LogP contribution in [0.5, 0.6) is 5.75 Å². The Morgan fingerprint density at radius 2 is 2.00 bits per heavy atom. The van der Waals surface area contributed by atoms with Crippen molar-refractivity contribution >= 4 is 22.2 Å². The van der Waals surface area contributed by atoms with Gasteiger partial charge in [0.1, 0.15) is 11.3 Å². The average molecular weight is 412 g/mol. The number of fused-ring (bicyclic) bond motifs is 3. The molecule has 2 heterocycles. The molecule has 152 valence electrons. The second kappa shape index (κ2) is 8.78. The van der Waals surface area contributed by atoms with Gasteiger partial charge in [0.05, 0.1) is 6.61 Å². The molecule has 1 amide bonds. The number of para-hydroxylation sites is 1. The summed E-state index contributed by atoms with van der Waals surface area (Å²) in [6.45, 7) is 2.76. The monoisotopic (exact) mass is 411 g/mol. The molecule has 0 saturated heterocycles. The van der Waals surface area contributed by atoms with Crippen LogP contribution in [0.1, 0.15) is 59.1 Å². The number of aromatic nitrogens is 2. The number of ether oxygens (including phenoxy) is 1. The maximum atomic E-state index is 13.1. The van der Waals surface area contributed by atoms with Gasteiger partial charge in [-0.15, -0.1) is 11.3 Å². The summed E-state index contributed by atoms with van der Waals surface area (Å²) in [5.74, 6) is 0.328. The molecule has 0 aliphatic heterocycles. The van der Waals surface area contributed by atoms with Crippen molar-refractivity contribution < 1.29 is 9.53 Å². The maximum absolute atomic E-state index is 13.1. The predicted octanol–water partition coefficient (Wildman–Crippen LogP) is 3.74. The highest BCUT2D eigenvalue weighted by Crippen LogP contribution is 2.27. The number of nitrogens with one attached hydrogen (secondary N) is 1. The van der Waals surface area contributed by atoms with Crippen molar-refractivity contribution in [3.63, 3.8) is 0 Å². The fourth-order valence-electron chi connectivity index (χ4n) is 3.79. The molecule has 2 aromatic heterocycles. The Morgan fingerprint density at radius 1 is 1.21 bits per heavy atom. The highest BCUT2D eigenvalue weighted by molar-refractivity contribution is 7.17. The van der Waals surface area contributed by atoms with E-state index in [1.54, 1.807) is 15.7 Å². The molecule has 1 aromatic carbocycles. The van der Waals surface area contributed by atoms with Crippen molar-refractivity contribution in [1.82, 2.24) is 14.7 Å². The fraction of sp³-hybridized carbons (Fsp3) is 0.409. The van der Waals surface area contributed by atoms with Crippen molar-refractivity contribution in [1.29, 1.82) is 0 Å². The fourth-order valence-corrected chi connectivity index (χ4v) is 4.96. The second-order valence-electron chi connectivity index (χ2n) is 7.20. The zero-order valence-electron chi connectivity index (χ0n) is 16.6. The third kappa shape index (κ3) is 4.05. The molecule has 7 heteroatoms. The second-order valence-corrected chi connectivity index (χ2v) is 8.27. The van der Waals surface area contributed by atoms with E-state index in [2.05, 4.69) is 10.3 Å². The maximum Gasteiger partial charge on any atom is 0.271 e. The number of rotatable bonds is 5. The van der Waals surface area contributed by atoms with Crippen molar-refractivity contribution in [3.05, 3.63) is 62.5 Å². The highest BCUT2D eigenvalue weighted by Gasteiger charge is 2.20. The molecule has 3 aromatic rings. The number of hydrogen-bond donors (Lipinski definition) is 1. The summed E-state index contributed by atoms with van der Waals surface area (Å²) in [6, 6.07) is 7.57. The summed E-state index contributed by atoms with van der Waals surface area (Å²) in [5.41, 5.74) is 1.72. The van der Waals surface area contributed by atoms with Gasteiger partial charge < -0.3 is 10.1 Å². The van der Waals surface area contributed by atoms with E-state index in [0.29, 0.717) is 18.1 Å². The topological polar surface area (TPSA) is 72.7 Å². The van der Waals surface area contributed by atoms with E-state index in [4.69, 9.17) is 4.74 Å². The minimum Gasteiger partial charge on any atom is -0.494 e. The number of aryl methyl sites for hydroxylation is 2. The van der Waals surface area contributed by atoms with E-state index in [0.717, 1.165) is 42.7 Å². The van der Waals surface area contributed by atoms with Crippen LogP contribution in [0.2, 0.25) is 0 Å². The van der Waals surface area contributed by atoms with Crippen LogP contribution in [-0.2, 0) is 19.4 Å². The standard InChI is InChI=1S/C22H25N3O3S/c1-2-28-18-11-8-7-9-15(18)13-23-20(26)16-14-24-22-25(21(16)27)17-10-5-3-4-6-12-19(17)29-22/h7-9,11,14H,2-6,10,12-13H2,1H3,(H,23,26). The number of carbonyl (C=O) groups excluding carboxylic acids is 1. The summed E-state index contributed by atoms with van der Waals surface area (Å²) in [5, 5.41) is 2.85. The van der Waals surface area contributed by atoms with Crippen molar-refractivity contribution in [3.8, 4) is 5.75 Å². The van der Waals surface area contributed by atoms with Crippen LogP contribution in [0.15, 0.2) is 35.3 Å². The van der Waals surface area contributed by atoms with Crippen LogP contribution >= 0.6 is 11.3 Å². The third-order valence-electron chi connectivity index (χ3n) is 5.26. The van der Waals surface area contributed by atoms with E-state index in [1.165, 1.54) is 23.9 Å². The number of benzene rings is 1. The molecule has 4 rings (SSSR count). The number of nitrogens with zero attached hydrogens (tertiary/aromatic N) is 2. The van der Waals surface area contributed by atoms with Gasteiger partial charge in [0, 0.05) is 28.9 Å². The largest absolute Gasteiger partial charge is 0.494 e. The average Bonchev–Trinajstić information content (AvgIpc) is 3.05. The lowest BCUT2D eigenvalue weighted by Gasteiger charge is -2.11. The smallest absolute Gasteiger partial charge is 0.271 e. The van der Waals surface area contributed by atoms with E-state index in [-0.39, 0.29) is 11.1 Å². The van der Waals surface area contributed by atoms with Crippen molar-refractivity contribution in [2.24, 2.45) is 0 Å². The Kier molecular flexibility index (Phi) is 5.94. The lowest BCUT2D eigenvalue weighted by atomic mass is 10.0. The van der Waals surface area contributed by atoms with Gasteiger partial charge in [-0.05, 0) is 38.7 Å². The van der Waals surface area contributed by atoms with E-state index in [1.807, 2.05) is 31.2 Å². The summed E-state index contributed by atoms with van der Waals surface area (Å²) >= 11 is 1.58. The number of thiazole rings is 1. The van der Waals surface area contributed by atoms with Gasteiger partial charge in [-0.1, -0.05) is 31.0 Å². The Hall–Kier alpha value is -2.67. The molecule has 1 N–H and O–H groups in total. The Morgan fingerprint density at radius 3 is 2.83 bits per heavy atom. The number of carbonyl (C=O) groups is 1. The van der Waals surface area contributed by atoms with Crippen LogP contribution < -0.4 is 15.6 Å². The lowest BCUT2D eigenvalue weighted by molar-refractivity contribution is 0.0948. The number of hydrogen-bond acceptors (Lipinski definition) is 5. The first-order valence-corrected chi connectivity index (χ1v) is 11.0. The molecule has 0 radical (unpaired) electrons. The molecular weight excluding hydrogens is 386 g/mol. The quantitative estimate of drug-likeness (QED) is 0.694. The van der Waals surface area contributed by atoms with E-state index >= 15 is 0 Å². The van der Waals surface area contributed by atoms with Crippen LogP contribution in [0, 0.1) is 0 Å². The zero-order valence-corrected chi connectivity index (χ0v) is 17.4. The third-order valence-corrected chi connectivity index (χ3v) is 6.42. The Labute approximate surface area is 173 Å². The van der Waals surface area contributed by atoms with Crippen molar-refractivity contribution in [2.75, 3.05) is 6.61 Å². The highest BCUT2D eigenvalue weighted by atomic mass is 32.1. The Balaban J connectivity index is 1.61. The Bertz CT molecular complexity index is 1090. The molecule has 0 fully saturated rings. The minimum atomic E-state index is -0.408. The molecule has 0 spiro atoms. The van der Waals surface area contributed by atoms with Gasteiger partial charge in [-0.25, -0.2) is 4.98 Å². The van der Waals surface area contributed by atoms with Crippen LogP contribution in [0.3, 0.4) is 0 Å². The van der Waals surface area contributed by atoms with Gasteiger partial charge in [0.25, 0.3) is 11.5 Å². The van der Waals surface area contributed by atoms with Crippen LogP contribution in [0.4, 0.5) is 0 Å². The predicted molar refractivity (Wildman–Crippen MR) is 114 cm³/mol. The van der Waals surface area contributed by atoms with Crippen molar-refractivity contribution in [2.45, 2.75) is 52.0 Å². The molecule has 1 aliphatic carbocycles. The van der Waals surface area contributed by atoms with Gasteiger partial charge in [0.2, 0.25) is 0 Å². The molecule has 1 aliphatic rings. The molecular formula is C22H25N3O3S. The minimum absolute atomic E-state index is 0.0825. The van der Waals surface area contributed by atoms with Gasteiger partial charge >= 0.3 is 0 Å². The zero-order chi connectivity index (χ0) is 20.2. The normalized spacial score (nSPS) is 14.1. The summed E-state index contributed by atoms with van der Waals surface area (Å²) in [4.78, 5) is 32.2. The molecule has 0 unspecified atom stereocenters. The van der Waals surface area contributed by atoms with E-state index < -0.39 is 5.91 Å². The lowest BCUT2D eigenvalue weighted by Crippen LogP contribution is -2.31. The number of amides is 1. The molecule has 29 heavy (non-hydrogen) atoms. The first-order chi connectivity index (χ1) is 14.2. The van der Waals surface area contributed by atoms with Crippen LogP contribution in [-0.4, -0.2) is 21.9 Å². The molecule has 6 nitrogen and oxygen atoms in total. The SMILES string of the molecule is CCOc1ccccc1CNC(=O)c1cnc2sc3c(n2c1=O)CCCCCC3. The first-order valence-electron chi connectivity index (χ1n) is 10.2. The molecule has 0 atom stereocenters. The van der Waals surface area contributed by atoms with Crippen LogP contribution in [0.25, 0.3) is 4.96 Å². The van der Waals surface area contributed by atoms with Gasteiger partial charge in [-0.3, -0.25) is 14.0 Å². The summed E-state index contributed by atoms with van der Waals surface area (Å²) in [6.07, 6.45) is 7.87. The first kappa shape index (κ1) is 19.6. The molecule has 0 bridgehead atoms. The summed E-state index contributed by atoms with van der Waals surface area (Å²) < 4.78 is 7.26. The van der Waals surface area contributed by atoms with Gasteiger partial charge in [-0.2, -0.15) is 0 Å². The summed E-state index contributed by atoms with van der Waals surface area (Å²) in [7, 11) is 0. The van der Waals surface area contributed by atoms with Gasteiger partial charge in [0.15, 0.2) is 4.96 Å². The van der Waals surface area contributed by atoms with E-state index in [9.17, 15) is 9.59 Å². The molecule has 0 saturated carbocycles.